The fourth-order valence-corrected chi connectivity index (χ4v) is 4.98. The predicted molar refractivity (Wildman–Crippen MR) is 151 cm³/mol. The highest BCUT2D eigenvalue weighted by atomic mass is 79.9. The molecule has 0 bridgehead atoms. The zero-order chi connectivity index (χ0) is 26.4. The van der Waals surface area contributed by atoms with Crippen LogP contribution >= 0.6 is 27.5 Å². The van der Waals surface area contributed by atoms with Crippen LogP contribution in [0.2, 0.25) is 5.02 Å². The molecule has 0 saturated heterocycles. The quantitative estimate of drug-likeness (QED) is 0.157. The number of fused-ring (bicyclic) bond motifs is 1. The molecule has 0 radical (unpaired) electrons. The average Bonchev–Trinajstić information content (AvgIpc) is 2.90. The molecule has 2 atom stereocenters. The summed E-state index contributed by atoms with van der Waals surface area (Å²) in [7, 11) is 1.35. The van der Waals surface area contributed by atoms with Gasteiger partial charge in [-0.2, -0.15) is 0 Å². The Kier molecular flexibility index (Phi) is 8.74. The first kappa shape index (κ1) is 26.6. The van der Waals surface area contributed by atoms with E-state index in [1.165, 1.54) is 14.0 Å². The summed E-state index contributed by atoms with van der Waals surface area (Å²) in [6.45, 7) is 1.39. The summed E-state index contributed by atoms with van der Waals surface area (Å²) in [5, 5.41) is 1.66. The molecule has 0 amide bonds. The third kappa shape index (κ3) is 6.85. The highest BCUT2D eigenvalue weighted by Gasteiger charge is 2.24. The highest BCUT2D eigenvalue weighted by molar-refractivity contribution is 9.09. The van der Waals surface area contributed by atoms with Gasteiger partial charge in [-0.15, -0.1) is 0 Å². The number of hydrogen-bond donors (Lipinski definition) is 0. The van der Waals surface area contributed by atoms with Gasteiger partial charge in [-0.05, 0) is 53.1 Å². The maximum atomic E-state index is 12.2. The summed E-state index contributed by atoms with van der Waals surface area (Å²) in [4.78, 5) is 28.6. The second-order valence-electron chi connectivity index (χ2n) is 8.46. The average molecular weight is 579 g/mol. The molecule has 0 aliphatic rings. The van der Waals surface area contributed by atoms with E-state index in [1.54, 1.807) is 12.1 Å². The summed E-state index contributed by atoms with van der Waals surface area (Å²) in [5.74, 6) is -0.799. The topological polar surface area (TPSA) is 65.5 Å². The summed E-state index contributed by atoms with van der Waals surface area (Å²) in [5.41, 5.74) is 4.64. The lowest BCUT2D eigenvalue weighted by molar-refractivity contribution is -0.147. The van der Waals surface area contributed by atoms with Crippen molar-refractivity contribution in [3.63, 3.8) is 0 Å². The van der Waals surface area contributed by atoms with Crippen molar-refractivity contribution in [3.05, 3.63) is 112 Å². The molecule has 0 fully saturated rings. The molecule has 0 spiro atoms. The molecule has 4 rings (SSSR count). The number of methoxy groups -OCH3 is 1. The molecule has 1 heterocycles. The smallest absolute Gasteiger partial charge is 0.338 e. The summed E-state index contributed by atoms with van der Waals surface area (Å²) >= 11 is 9.81. The van der Waals surface area contributed by atoms with Crippen molar-refractivity contribution in [3.8, 4) is 0 Å². The van der Waals surface area contributed by atoms with Gasteiger partial charge >= 0.3 is 11.9 Å². The molecule has 5 nitrogen and oxygen atoms in total. The Morgan fingerprint density at radius 3 is 2.57 bits per heavy atom. The number of hydrogen-bond acceptors (Lipinski definition) is 5. The first-order chi connectivity index (χ1) is 17.8. The number of benzene rings is 3. The number of rotatable bonds is 8. The van der Waals surface area contributed by atoms with Gasteiger partial charge in [-0.1, -0.05) is 82.1 Å². The van der Waals surface area contributed by atoms with E-state index in [0.29, 0.717) is 17.0 Å². The Balaban J connectivity index is 1.58. The van der Waals surface area contributed by atoms with Crippen LogP contribution in [0, 0.1) is 0 Å². The van der Waals surface area contributed by atoms with E-state index in [9.17, 15) is 9.59 Å². The molecule has 37 heavy (non-hydrogen) atoms. The largest absolute Gasteiger partial charge is 0.465 e. The van der Waals surface area contributed by atoms with E-state index < -0.39 is 12.1 Å². The monoisotopic (exact) mass is 577 g/mol. The number of pyridine rings is 1. The van der Waals surface area contributed by atoms with Gasteiger partial charge in [-0.25, -0.2) is 9.78 Å². The Morgan fingerprint density at radius 1 is 1.00 bits per heavy atom. The SMILES string of the molecule is COC(=O)c1ccccc1C(Br)C[C@H](OC(C)=O)c1cccc(/C=C/c2ccc3ccc(Cl)cc3n2)c1. The lowest BCUT2D eigenvalue weighted by atomic mass is 9.96. The number of aromatic nitrogens is 1. The number of nitrogens with zero attached hydrogens (tertiary/aromatic N) is 1. The summed E-state index contributed by atoms with van der Waals surface area (Å²) in [6.07, 6.45) is 3.79. The van der Waals surface area contributed by atoms with Crippen molar-refractivity contribution < 1.29 is 19.1 Å². The molecule has 4 aromatic rings. The van der Waals surface area contributed by atoms with Crippen molar-refractivity contribution >= 4 is 62.5 Å². The molecule has 0 N–H and O–H groups in total. The molecule has 7 heteroatoms. The highest BCUT2D eigenvalue weighted by Crippen LogP contribution is 2.37. The van der Waals surface area contributed by atoms with E-state index in [0.717, 1.165) is 33.3 Å². The van der Waals surface area contributed by atoms with E-state index in [1.807, 2.05) is 78.9 Å². The van der Waals surface area contributed by atoms with E-state index in [2.05, 4.69) is 20.9 Å². The molecular weight excluding hydrogens is 554 g/mol. The molecule has 0 saturated carbocycles. The van der Waals surface area contributed by atoms with Gasteiger partial charge in [0.2, 0.25) is 0 Å². The second-order valence-corrected chi connectivity index (χ2v) is 10.00. The van der Waals surface area contributed by atoms with Gasteiger partial charge in [-0.3, -0.25) is 4.79 Å². The molecule has 3 aromatic carbocycles. The molecule has 0 aliphatic heterocycles. The predicted octanol–water partition coefficient (Wildman–Crippen LogP) is 7.98. The van der Waals surface area contributed by atoms with Gasteiger partial charge < -0.3 is 9.47 Å². The molecule has 1 aromatic heterocycles. The minimum Gasteiger partial charge on any atom is -0.465 e. The van der Waals surface area contributed by atoms with Crippen molar-refractivity contribution in [2.45, 2.75) is 24.3 Å². The number of alkyl halides is 1. The van der Waals surface area contributed by atoms with Crippen LogP contribution in [0.4, 0.5) is 0 Å². The van der Waals surface area contributed by atoms with E-state index in [-0.39, 0.29) is 10.8 Å². The molecule has 0 aliphatic carbocycles. The van der Waals surface area contributed by atoms with Gasteiger partial charge in [0.1, 0.15) is 6.10 Å². The lowest BCUT2D eigenvalue weighted by Crippen LogP contribution is -2.13. The third-order valence-corrected chi connectivity index (χ3v) is 6.94. The Hall–Kier alpha value is -3.48. The fraction of sp³-hybridized carbons (Fsp3) is 0.167. The molecular formula is C30H25BrClNO4. The van der Waals surface area contributed by atoms with Crippen LogP contribution in [0.3, 0.4) is 0 Å². The Bertz CT molecular complexity index is 1470. The van der Waals surface area contributed by atoms with Crippen molar-refractivity contribution in [2.75, 3.05) is 7.11 Å². The zero-order valence-corrected chi connectivity index (χ0v) is 22.7. The second kappa shape index (κ2) is 12.2. The van der Waals surface area contributed by atoms with Gasteiger partial charge in [0.15, 0.2) is 0 Å². The molecule has 188 valence electrons. The number of halogens is 2. The van der Waals surface area contributed by atoms with Crippen molar-refractivity contribution in [2.24, 2.45) is 0 Å². The fourth-order valence-electron chi connectivity index (χ4n) is 4.08. The normalized spacial score (nSPS) is 12.9. The van der Waals surface area contributed by atoms with E-state index >= 15 is 0 Å². The van der Waals surface area contributed by atoms with Crippen LogP contribution < -0.4 is 0 Å². The zero-order valence-electron chi connectivity index (χ0n) is 20.4. The van der Waals surface area contributed by atoms with Crippen molar-refractivity contribution in [1.82, 2.24) is 4.98 Å². The standard InChI is InChI=1S/C30H25BrClNO4/c1-19(34)37-29(18-27(31)25-8-3-4-9-26(25)30(35)36-2)22-7-5-6-20(16-22)10-14-24-15-12-21-11-13-23(32)17-28(21)33-24/h3-17,27,29H,18H2,1-2H3/b14-10+/t27?,29-/m0/s1. The Morgan fingerprint density at radius 2 is 1.78 bits per heavy atom. The van der Waals surface area contributed by atoms with Crippen LogP contribution in [0.15, 0.2) is 78.9 Å². The van der Waals surface area contributed by atoms with Crippen LogP contribution in [-0.2, 0) is 14.3 Å². The first-order valence-electron chi connectivity index (χ1n) is 11.7. The number of ether oxygens (including phenoxy) is 2. The van der Waals surface area contributed by atoms with Crippen LogP contribution in [-0.4, -0.2) is 24.0 Å². The van der Waals surface area contributed by atoms with Gasteiger partial charge in [0, 0.05) is 28.6 Å². The Labute approximate surface area is 229 Å². The van der Waals surface area contributed by atoms with Crippen LogP contribution in [0.25, 0.3) is 23.1 Å². The number of esters is 2. The minimum atomic E-state index is -0.526. The van der Waals surface area contributed by atoms with Crippen LogP contribution in [0.1, 0.15) is 57.0 Å². The minimum absolute atomic E-state index is 0.250. The lowest BCUT2D eigenvalue weighted by Gasteiger charge is -2.22. The first-order valence-corrected chi connectivity index (χ1v) is 13.0. The van der Waals surface area contributed by atoms with Gasteiger partial charge in [0.05, 0.1) is 23.9 Å². The van der Waals surface area contributed by atoms with Crippen molar-refractivity contribution in [1.29, 1.82) is 0 Å². The van der Waals surface area contributed by atoms with E-state index in [4.69, 9.17) is 21.1 Å². The third-order valence-electron chi connectivity index (χ3n) is 5.84. The number of carbonyl (C=O) groups excluding carboxylic acids is 2. The number of carbonyl (C=O) groups is 2. The maximum absolute atomic E-state index is 12.2. The summed E-state index contributed by atoms with van der Waals surface area (Å²) < 4.78 is 10.6. The maximum Gasteiger partial charge on any atom is 0.338 e. The van der Waals surface area contributed by atoms with Crippen LogP contribution in [0.5, 0.6) is 0 Å². The summed E-state index contributed by atoms with van der Waals surface area (Å²) in [6, 6.07) is 24.6. The van der Waals surface area contributed by atoms with Gasteiger partial charge in [0.25, 0.3) is 0 Å². The molecule has 1 unspecified atom stereocenters.